The molecule has 0 radical (unpaired) electrons. The number of carbonyl (C=O) groups is 1. The Morgan fingerprint density at radius 2 is 2.05 bits per heavy atom. The molecule has 110 valence electrons. The van der Waals surface area contributed by atoms with Crippen LogP contribution in [0.2, 0.25) is 0 Å². The zero-order chi connectivity index (χ0) is 15.1. The summed E-state index contributed by atoms with van der Waals surface area (Å²) in [6, 6.07) is 5.27. The van der Waals surface area contributed by atoms with Crippen molar-refractivity contribution in [1.82, 2.24) is 0 Å². The zero-order valence-corrected chi connectivity index (χ0v) is 10.9. The van der Waals surface area contributed by atoms with Crippen molar-refractivity contribution in [2.45, 2.75) is 25.5 Å². The van der Waals surface area contributed by atoms with Gasteiger partial charge in [0.25, 0.3) is 5.09 Å². The fourth-order valence-electron chi connectivity index (χ4n) is 1.34. The van der Waals surface area contributed by atoms with Gasteiger partial charge in [-0.25, -0.2) is 4.79 Å². The summed E-state index contributed by atoms with van der Waals surface area (Å²) >= 11 is 0. The molecular formula is C12H16N2O6. The maximum absolute atomic E-state index is 11.5. The van der Waals surface area contributed by atoms with Crippen LogP contribution in [-0.4, -0.2) is 34.9 Å². The lowest BCUT2D eigenvalue weighted by Crippen LogP contribution is -2.42. The average Bonchev–Trinajstić information content (AvgIpc) is 2.39. The van der Waals surface area contributed by atoms with Gasteiger partial charge >= 0.3 is 5.97 Å². The van der Waals surface area contributed by atoms with Gasteiger partial charge in [-0.1, -0.05) is 12.1 Å². The first-order chi connectivity index (χ1) is 9.40. The first-order valence-corrected chi connectivity index (χ1v) is 5.91. The lowest BCUT2D eigenvalue weighted by molar-refractivity contribution is -0.757. The van der Waals surface area contributed by atoms with Crippen LogP contribution in [0.3, 0.4) is 0 Å². The zero-order valence-electron chi connectivity index (χ0n) is 10.9. The monoisotopic (exact) mass is 284 g/mol. The van der Waals surface area contributed by atoms with Gasteiger partial charge in [-0.05, 0) is 31.0 Å². The van der Waals surface area contributed by atoms with Crippen LogP contribution in [0.5, 0.6) is 5.75 Å². The largest absolute Gasteiger partial charge is 0.425 e. The van der Waals surface area contributed by atoms with Crippen LogP contribution in [0.15, 0.2) is 24.3 Å². The summed E-state index contributed by atoms with van der Waals surface area (Å²) < 4.78 is 4.97. The SMILES string of the molecule is CC(O)C(N)C(=O)Oc1ccc(CCO[N+](=O)[O-])cc1. The molecule has 0 spiro atoms. The standard InChI is InChI=1S/C12H16N2O6/c1-8(15)11(13)12(16)20-10-4-2-9(3-5-10)6-7-19-14(17)18/h2-5,8,11,15H,6-7,13H2,1H3. The molecule has 1 aromatic carbocycles. The summed E-state index contributed by atoms with van der Waals surface area (Å²) in [4.78, 5) is 25.7. The molecule has 0 aliphatic heterocycles. The Balaban J connectivity index is 2.50. The molecule has 0 aliphatic carbocycles. The van der Waals surface area contributed by atoms with Crippen LogP contribution in [0.25, 0.3) is 0 Å². The third kappa shape index (κ3) is 5.21. The minimum atomic E-state index is -1.11. The van der Waals surface area contributed by atoms with Gasteiger partial charge in [0.15, 0.2) is 0 Å². The molecule has 0 amide bonds. The molecule has 0 heterocycles. The quantitative estimate of drug-likeness (QED) is 0.313. The van der Waals surface area contributed by atoms with Gasteiger partial charge in [0, 0.05) is 0 Å². The van der Waals surface area contributed by atoms with Crippen LogP contribution in [0, 0.1) is 10.1 Å². The highest BCUT2D eigenvalue weighted by atomic mass is 16.9. The van der Waals surface area contributed by atoms with Crippen molar-refractivity contribution in [3.63, 3.8) is 0 Å². The molecule has 2 atom stereocenters. The number of rotatable bonds is 7. The molecule has 0 aromatic heterocycles. The van der Waals surface area contributed by atoms with Crippen LogP contribution >= 0.6 is 0 Å². The van der Waals surface area contributed by atoms with E-state index in [0.717, 1.165) is 5.56 Å². The van der Waals surface area contributed by atoms with Gasteiger partial charge in [0.05, 0.1) is 6.10 Å². The van der Waals surface area contributed by atoms with Crippen molar-refractivity contribution >= 4 is 5.97 Å². The van der Waals surface area contributed by atoms with E-state index < -0.39 is 23.2 Å². The molecule has 20 heavy (non-hydrogen) atoms. The molecular weight excluding hydrogens is 268 g/mol. The van der Waals surface area contributed by atoms with Crippen molar-refractivity contribution < 1.29 is 24.6 Å². The van der Waals surface area contributed by atoms with Gasteiger partial charge in [-0.2, -0.15) is 0 Å². The summed E-state index contributed by atoms with van der Waals surface area (Å²) in [5, 5.41) is 18.3. The topological polar surface area (TPSA) is 125 Å². The molecule has 0 aliphatic rings. The van der Waals surface area contributed by atoms with Crippen molar-refractivity contribution in [2.75, 3.05) is 6.61 Å². The number of esters is 1. The first kappa shape index (κ1) is 15.9. The highest BCUT2D eigenvalue weighted by Crippen LogP contribution is 2.13. The van der Waals surface area contributed by atoms with E-state index in [0.29, 0.717) is 6.42 Å². The fourth-order valence-corrected chi connectivity index (χ4v) is 1.34. The van der Waals surface area contributed by atoms with E-state index in [9.17, 15) is 14.9 Å². The Morgan fingerprint density at radius 1 is 1.45 bits per heavy atom. The molecule has 0 bridgehead atoms. The maximum atomic E-state index is 11.5. The minimum Gasteiger partial charge on any atom is -0.425 e. The summed E-state index contributed by atoms with van der Waals surface area (Å²) in [6.45, 7) is 1.35. The van der Waals surface area contributed by atoms with Crippen LogP contribution in [-0.2, 0) is 16.1 Å². The van der Waals surface area contributed by atoms with E-state index in [1.54, 1.807) is 12.1 Å². The van der Waals surface area contributed by atoms with Gasteiger partial charge in [-0.3, -0.25) is 0 Å². The van der Waals surface area contributed by atoms with Crippen LogP contribution in [0.4, 0.5) is 0 Å². The second-order valence-electron chi connectivity index (χ2n) is 4.14. The van der Waals surface area contributed by atoms with E-state index in [1.807, 2.05) is 0 Å². The second kappa shape index (κ2) is 7.41. The second-order valence-corrected chi connectivity index (χ2v) is 4.14. The third-order valence-electron chi connectivity index (χ3n) is 2.52. The Kier molecular flexibility index (Phi) is 5.88. The fraction of sp³-hybridized carbons (Fsp3) is 0.417. The highest BCUT2D eigenvalue weighted by molar-refractivity contribution is 5.78. The number of benzene rings is 1. The summed E-state index contributed by atoms with van der Waals surface area (Å²) in [5.74, 6) is -0.450. The van der Waals surface area contributed by atoms with Gasteiger partial charge in [-0.15, -0.1) is 10.1 Å². The number of carbonyl (C=O) groups excluding carboxylic acids is 1. The lowest BCUT2D eigenvalue weighted by Gasteiger charge is -2.13. The van der Waals surface area contributed by atoms with Crippen LogP contribution in [0.1, 0.15) is 12.5 Å². The molecule has 8 heteroatoms. The third-order valence-corrected chi connectivity index (χ3v) is 2.52. The van der Waals surface area contributed by atoms with Crippen LogP contribution < -0.4 is 10.5 Å². The Labute approximate surface area is 115 Å². The Hall–Kier alpha value is -2.19. The number of hydrogen-bond acceptors (Lipinski definition) is 7. The number of nitrogens with two attached hydrogens (primary N) is 1. The molecule has 1 rings (SSSR count). The van der Waals surface area contributed by atoms with E-state index in [-0.39, 0.29) is 12.4 Å². The number of aliphatic hydroxyl groups is 1. The number of hydrogen-bond donors (Lipinski definition) is 2. The first-order valence-electron chi connectivity index (χ1n) is 5.91. The smallest absolute Gasteiger partial charge is 0.330 e. The predicted molar refractivity (Wildman–Crippen MR) is 68.4 cm³/mol. The van der Waals surface area contributed by atoms with E-state index in [2.05, 4.69) is 4.84 Å². The van der Waals surface area contributed by atoms with Gasteiger partial charge in [0.2, 0.25) is 0 Å². The van der Waals surface area contributed by atoms with Crippen molar-refractivity contribution in [3.8, 4) is 5.75 Å². The minimum absolute atomic E-state index is 0.0426. The average molecular weight is 284 g/mol. The van der Waals surface area contributed by atoms with Crippen molar-refractivity contribution in [1.29, 1.82) is 0 Å². The predicted octanol–water partition coefficient (Wildman–Crippen LogP) is 0.0509. The summed E-state index contributed by atoms with van der Waals surface area (Å²) in [7, 11) is 0. The van der Waals surface area contributed by atoms with Gasteiger partial charge in [0.1, 0.15) is 18.4 Å². The normalized spacial score (nSPS) is 13.3. The molecule has 1 aromatic rings. The summed E-state index contributed by atoms with van der Waals surface area (Å²) in [6.07, 6.45) is -0.636. The number of nitrogens with zero attached hydrogens (tertiary/aromatic N) is 1. The molecule has 3 N–H and O–H groups in total. The van der Waals surface area contributed by atoms with Crippen molar-refractivity contribution in [3.05, 3.63) is 39.9 Å². The summed E-state index contributed by atoms with van der Waals surface area (Å²) in [5.41, 5.74) is 6.22. The molecule has 0 fully saturated rings. The van der Waals surface area contributed by atoms with E-state index >= 15 is 0 Å². The van der Waals surface area contributed by atoms with E-state index in [1.165, 1.54) is 19.1 Å². The Bertz CT molecular complexity index is 460. The highest BCUT2D eigenvalue weighted by Gasteiger charge is 2.20. The molecule has 2 unspecified atom stereocenters. The lowest BCUT2D eigenvalue weighted by atomic mass is 10.1. The van der Waals surface area contributed by atoms with Gasteiger partial charge < -0.3 is 20.4 Å². The number of ether oxygens (including phenoxy) is 1. The molecule has 0 saturated carbocycles. The molecule has 0 saturated heterocycles. The maximum Gasteiger partial charge on any atom is 0.330 e. The Morgan fingerprint density at radius 3 is 2.55 bits per heavy atom. The number of aliphatic hydroxyl groups excluding tert-OH is 1. The molecule has 8 nitrogen and oxygen atoms in total. The van der Waals surface area contributed by atoms with E-state index in [4.69, 9.17) is 15.6 Å². The van der Waals surface area contributed by atoms with Crippen molar-refractivity contribution in [2.24, 2.45) is 5.73 Å².